The molecule has 11 nitrogen and oxygen atoms in total. The van der Waals surface area contributed by atoms with Crippen LogP contribution >= 0.6 is 11.3 Å². The molecule has 4 heterocycles. The van der Waals surface area contributed by atoms with E-state index in [1.807, 2.05) is 47.4 Å². The molecule has 2 N–H and O–H groups in total. The molecule has 1 saturated heterocycles. The number of piperazine rings is 1. The van der Waals surface area contributed by atoms with Crippen molar-refractivity contribution >= 4 is 44.3 Å². The number of hydrogen-bond acceptors (Lipinski definition) is 8. The third-order valence-electron chi connectivity index (χ3n) is 6.85. The van der Waals surface area contributed by atoms with Crippen LogP contribution in [-0.4, -0.2) is 79.4 Å². The number of aliphatic hydroxyl groups is 1. The molecule has 1 fully saturated rings. The predicted molar refractivity (Wildman–Crippen MR) is 146 cm³/mol. The number of nitrogens with one attached hydrogen (secondary N) is 1. The smallest absolute Gasteiger partial charge is 0.329 e. The first-order valence-corrected chi connectivity index (χ1v) is 13.3. The van der Waals surface area contributed by atoms with Crippen LogP contribution < -0.4 is 15.3 Å². The number of imidazole rings is 2. The van der Waals surface area contributed by atoms with E-state index in [0.29, 0.717) is 37.8 Å². The molecule has 5 aromatic rings. The van der Waals surface area contributed by atoms with Crippen LogP contribution in [0.15, 0.2) is 52.8 Å². The van der Waals surface area contributed by atoms with Crippen LogP contribution in [0, 0.1) is 0 Å². The number of anilines is 1. The van der Waals surface area contributed by atoms with Gasteiger partial charge in [0.1, 0.15) is 29.6 Å². The number of para-hydroxylation sites is 2. The molecule has 1 aliphatic rings. The number of aromatic amines is 1. The van der Waals surface area contributed by atoms with Crippen molar-refractivity contribution < 1.29 is 14.6 Å². The molecule has 1 aliphatic heterocycles. The van der Waals surface area contributed by atoms with Crippen LogP contribution in [0.1, 0.15) is 0 Å². The number of aryl methyl sites for hydroxylation is 1. The quantitative estimate of drug-likeness (QED) is 0.328. The summed E-state index contributed by atoms with van der Waals surface area (Å²) in [6, 6.07) is 13.1. The molecular weight excluding hydrogens is 506 g/mol. The number of fused-ring (bicyclic) bond motifs is 2. The third-order valence-corrected chi connectivity index (χ3v) is 7.74. The lowest BCUT2D eigenvalue weighted by Gasteiger charge is -2.35. The van der Waals surface area contributed by atoms with E-state index in [1.165, 1.54) is 0 Å². The highest BCUT2D eigenvalue weighted by Gasteiger charge is 2.26. The van der Waals surface area contributed by atoms with Crippen LogP contribution in [0.25, 0.3) is 33.6 Å². The average molecular weight is 534 g/mol. The number of carbonyl (C=O) groups is 1. The predicted octanol–water partition coefficient (Wildman–Crippen LogP) is 2.06. The Labute approximate surface area is 221 Å². The zero-order chi connectivity index (χ0) is 26.2. The van der Waals surface area contributed by atoms with Gasteiger partial charge in [0, 0.05) is 39.3 Å². The van der Waals surface area contributed by atoms with E-state index in [1.54, 1.807) is 33.0 Å². The van der Waals surface area contributed by atoms with E-state index in [-0.39, 0.29) is 31.4 Å². The second kappa shape index (κ2) is 9.95. The van der Waals surface area contributed by atoms with Crippen molar-refractivity contribution in [2.75, 3.05) is 44.3 Å². The fourth-order valence-electron chi connectivity index (χ4n) is 4.89. The van der Waals surface area contributed by atoms with Gasteiger partial charge in [-0.25, -0.2) is 14.8 Å². The first kappa shape index (κ1) is 24.2. The number of H-pyrrole nitrogens is 1. The molecule has 0 unspecified atom stereocenters. The number of thiazole rings is 1. The summed E-state index contributed by atoms with van der Waals surface area (Å²) in [6.07, 6.45) is 0. The molecule has 0 spiro atoms. The first-order chi connectivity index (χ1) is 18.5. The summed E-state index contributed by atoms with van der Waals surface area (Å²) in [7, 11) is 1.73. The number of aliphatic hydroxyl groups excluding tert-OH is 1. The van der Waals surface area contributed by atoms with Gasteiger partial charge in [-0.05, 0) is 24.3 Å². The number of ether oxygens (including phenoxy) is 1. The normalized spacial score (nSPS) is 14.1. The van der Waals surface area contributed by atoms with Gasteiger partial charge in [-0.3, -0.25) is 13.9 Å². The highest BCUT2D eigenvalue weighted by Crippen LogP contribution is 2.34. The summed E-state index contributed by atoms with van der Waals surface area (Å²) in [5.41, 5.74) is 5.59. The molecule has 38 heavy (non-hydrogen) atoms. The Hall–Kier alpha value is -4.16. The van der Waals surface area contributed by atoms with Crippen LogP contribution in [0.5, 0.6) is 5.75 Å². The molecule has 12 heteroatoms. The SMILES string of the molecule is Cn1c(=O)n(CC(=O)N2CCN(c3scnc3-c3nc4cc(OCCO)ccc4[nH]3)CC2)c2ccccc21. The summed E-state index contributed by atoms with van der Waals surface area (Å²) in [6.45, 7) is 2.63. The Kier molecular flexibility index (Phi) is 6.34. The fraction of sp³-hybridized carbons (Fsp3) is 0.308. The average Bonchev–Trinajstić information content (AvgIpc) is 3.65. The van der Waals surface area contributed by atoms with Gasteiger partial charge < -0.3 is 24.6 Å². The molecule has 196 valence electrons. The van der Waals surface area contributed by atoms with Crippen molar-refractivity contribution in [2.45, 2.75) is 6.54 Å². The van der Waals surface area contributed by atoms with Gasteiger partial charge >= 0.3 is 5.69 Å². The lowest BCUT2D eigenvalue weighted by atomic mass is 10.3. The number of amides is 1. The molecular formula is C26H27N7O4S. The van der Waals surface area contributed by atoms with Gasteiger partial charge in [-0.1, -0.05) is 12.1 Å². The summed E-state index contributed by atoms with van der Waals surface area (Å²) in [5.74, 6) is 1.25. The number of carbonyl (C=O) groups excluding carboxylic acids is 1. The summed E-state index contributed by atoms with van der Waals surface area (Å²) >= 11 is 1.54. The van der Waals surface area contributed by atoms with Gasteiger partial charge in [0.15, 0.2) is 5.82 Å². The van der Waals surface area contributed by atoms with E-state index in [0.717, 1.165) is 32.8 Å². The van der Waals surface area contributed by atoms with Gasteiger partial charge in [-0.15, -0.1) is 11.3 Å². The Morgan fingerprint density at radius 3 is 2.71 bits per heavy atom. The number of rotatable bonds is 7. The van der Waals surface area contributed by atoms with Gasteiger partial charge in [0.25, 0.3) is 0 Å². The maximum absolute atomic E-state index is 13.1. The molecule has 6 rings (SSSR count). The van der Waals surface area contributed by atoms with Crippen molar-refractivity contribution in [3.63, 3.8) is 0 Å². The summed E-state index contributed by atoms with van der Waals surface area (Å²) in [4.78, 5) is 42.6. The highest BCUT2D eigenvalue weighted by atomic mass is 32.1. The highest BCUT2D eigenvalue weighted by molar-refractivity contribution is 7.14. The number of benzene rings is 2. The lowest BCUT2D eigenvalue weighted by molar-refractivity contribution is -0.132. The first-order valence-electron chi connectivity index (χ1n) is 12.4. The standard InChI is InChI=1S/C26H27N7O4S/c1-30-20-4-2-3-5-21(20)33(26(30)36)15-22(35)31-8-10-32(11-9-31)25-23(27-16-38-25)24-28-18-7-6-17(37-13-12-34)14-19(18)29-24/h2-7,14,16,34H,8-13,15H2,1H3,(H,28,29). The zero-order valence-electron chi connectivity index (χ0n) is 20.8. The van der Waals surface area contributed by atoms with E-state index in [9.17, 15) is 9.59 Å². The van der Waals surface area contributed by atoms with Crippen molar-refractivity contribution in [1.82, 2.24) is 29.0 Å². The summed E-state index contributed by atoms with van der Waals surface area (Å²) < 4.78 is 8.62. The van der Waals surface area contributed by atoms with Crippen LogP contribution in [0.3, 0.4) is 0 Å². The Bertz CT molecular complexity index is 1680. The minimum atomic E-state index is -0.189. The number of aromatic nitrogens is 5. The monoisotopic (exact) mass is 533 g/mol. The number of nitrogens with zero attached hydrogens (tertiary/aromatic N) is 6. The molecule has 0 radical (unpaired) electrons. The second-order valence-electron chi connectivity index (χ2n) is 9.13. The third kappa shape index (κ3) is 4.31. The van der Waals surface area contributed by atoms with Crippen molar-refractivity contribution in [3.05, 3.63) is 58.5 Å². The van der Waals surface area contributed by atoms with E-state index in [4.69, 9.17) is 14.8 Å². The molecule has 2 aromatic carbocycles. The van der Waals surface area contributed by atoms with Crippen molar-refractivity contribution in [1.29, 1.82) is 0 Å². The maximum atomic E-state index is 13.1. The zero-order valence-corrected chi connectivity index (χ0v) is 21.6. The maximum Gasteiger partial charge on any atom is 0.329 e. The molecule has 0 bridgehead atoms. The van der Waals surface area contributed by atoms with Crippen LogP contribution in [0.2, 0.25) is 0 Å². The topological polar surface area (TPSA) is 122 Å². The van der Waals surface area contributed by atoms with Crippen LogP contribution in [-0.2, 0) is 18.4 Å². The molecule has 0 saturated carbocycles. The van der Waals surface area contributed by atoms with Crippen molar-refractivity contribution in [3.8, 4) is 17.3 Å². The van der Waals surface area contributed by atoms with Gasteiger partial charge in [-0.2, -0.15) is 0 Å². The van der Waals surface area contributed by atoms with E-state index < -0.39 is 0 Å². The van der Waals surface area contributed by atoms with E-state index in [2.05, 4.69) is 14.9 Å². The molecule has 1 amide bonds. The second-order valence-corrected chi connectivity index (χ2v) is 9.96. The summed E-state index contributed by atoms with van der Waals surface area (Å²) in [5, 5.41) is 9.99. The molecule has 0 aliphatic carbocycles. The molecule has 3 aromatic heterocycles. The van der Waals surface area contributed by atoms with E-state index >= 15 is 0 Å². The minimum Gasteiger partial charge on any atom is -0.491 e. The molecule has 0 atom stereocenters. The van der Waals surface area contributed by atoms with Gasteiger partial charge in [0.05, 0.1) is 34.2 Å². The largest absolute Gasteiger partial charge is 0.491 e. The van der Waals surface area contributed by atoms with Crippen molar-refractivity contribution in [2.24, 2.45) is 7.05 Å². The minimum absolute atomic E-state index is 0.0228. The number of hydrogen-bond donors (Lipinski definition) is 2. The fourth-order valence-corrected chi connectivity index (χ4v) is 5.74. The lowest BCUT2D eigenvalue weighted by Crippen LogP contribution is -2.50. The Morgan fingerprint density at radius 1 is 1.13 bits per heavy atom. The van der Waals surface area contributed by atoms with Crippen LogP contribution in [0.4, 0.5) is 5.00 Å². The Balaban J connectivity index is 1.15. The Morgan fingerprint density at radius 2 is 1.92 bits per heavy atom. The van der Waals surface area contributed by atoms with Gasteiger partial charge in [0.2, 0.25) is 5.91 Å².